The number of benzene rings is 1. The molecule has 0 aliphatic carbocycles. The van der Waals surface area contributed by atoms with Crippen LogP contribution in [-0.2, 0) is 6.54 Å². The topological polar surface area (TPSA) is 80.0 Å². The fraction of sp³-hybridized carbons (Fsp3) is 0.118. The third-order valence-electron chi connectivity index (χ3n) is 3.23. The number of nitrogens with zero attached hydrogens (tertiary/aromatic N) is 2. The maximum atomic E-state index is 12.1. The molecular weight excluding hydrogens is 292 g/mol. The van der Waals surface area contributed by atoms with Gasteiger partial charge in [0.25, 0.3) is 5.91 Å². The van der Waals surface area contributed by atoms with Crippen molar-refractivity contribution in [1.29, 1.82) is 0 Å². The van der Waals surface area contributed by atoms with Gasteiger partial charge in [-0.25, -0.2) is 9.97 Å². The van der Waals surface area contributed by atoms with Crippen LogP contribution in [0.4, 0.5) is 11.5 Å². The number of nitrogens with one attached hydrogen (secondary N) is 2. The highest BCUT2D eigenvalue weighted by Gasteiger charge is 2.09. The number of hydrogen-bond acceptors (Lipinski definition) is 5. The van der Waals surface area contributed by atoms with Crippen molar-refractivity contribution in [3.05, 3.63) is 72.1 Å². The summed E-state index contributed by atoms with van der Waals surface area (Å²) in [6.07, 6.45) is 2.92. The van der Waals surface area contributed by atoms with E-state index >= 15 is 0 Å². The van der Waals surface area contributed by atoms with Crippen LogP contribution >= 0.6 is 0 Å². The molecule has 0 radical (unpaired) electrons. The van der Waals surface area contributed by atoms with E-state index in [-0.39, 0.29) is 5.91 Å². The molecule has 0 unspecified atom stereocenters. The fourth-order valence-electron chi connectivity index (χ4n) is 2.01. The van der Waals surface area contributed by atoms with Crippen LogP contribution < -0.4 is 10.6 Å². The van der Waals surface area contributed by atoms with Gasteiger partial charge in [0.15, 0.2) is 0 Å². The van der Waals surface area contributed by atoms with E-state index in [1.165, 1.54) is 11.9 Å². The molecule has 3 rings (SSSR count). The van der Waals surface area contributed by atoms with Gasteiger partial charge >= 0.3 is 0 Å². The molecule has 0 atom stereocenters. The van der Waals surface area contributed by atoms with Gasteiger partial charge in [-0.05, 0) is 31.2 Å². The highest BCUT2D eigenvalue weighted by atomic mass is 16.3. The van der Waals surface area contributed by atoms with Crippen LogP contribution in [0, 0.1) is 6.92 Å². The molecule has 1 amide bonds. The lowest BCUT2D eigenvalue weighted by Crippen LogP contribution is -2.23. The van der Waals surface area contributed by atoms with Crippen molar-refractivity contribution >= 4 is 17.4 Å². The standard InChI is InChI=1S/C17H16N4O2/c1-12-4-6-13(7-5-12)21-16-9-15(19-11-20-16)17(22)18-10-14-3-2-8-23-14/h2-9,11H,10H2,1H3,(H,18,22)(H,19,20,21). The van der Waals surface area contributed by atoms with E-state index < -0.39 is 0 Å². The number of aromatic nitrogens is 2. The number of anilines is 2. The molecule has 0 bridgehead atoms. The summed E-state index contributed by atoms with van der Waals surface area (Å²) in [4.78, 5) is 20.2. The van der Waals surface area contributed by atoms with Crippen LogP contribution in [-0.4, -0.2) is 15.9 Å². The number of amides is 1. The largest absolute Gasteiger partial charge is 0.467 e. The molecule has 0 aliphatic heterocycles. The quantitative estimate of drug-likeness (QED) is 0.757. The van der Waals surface area contributed by atoms with Gasteiger partial charge in [0, 0.05) is 11.8 Å². The predicted octanol–water partition coefficient (Wildman–Crippen LogP) is 3.05. The Morgan fingerprint density at radius 1 is 1.17 bits per heavy atom. The summed E-state index contributed by atoms with van der Waals surface area (Å²) in [5.41, 5.74) is 2.37. The Kier molecular flexibility index (Phi) is 4.33. The van der Waals surface area contributed by atoms with Crippen molar-refractivity contribution in [2.45, 2.75) is 13.5 Å². The zero-order valence-corrected chi connectivity index (χ0v) is 12.6. The molecule has 2 heterocycles. The average molecular weight is 308 g/mol. The Hall–Kier alpha value is -3.15. The second-order valence-corrected chi connectivity index (χ2v) is 5.04. The molecule has 2 N–H and O–H groups in total. The summed E-state index contributed by atoms with van der Waals surface area (Å²) in [5, 5.41) is 5.90. The molecule has 0 fully saturated rings. The van der Waals surface area contributed by atoms with E-state index in [1.807, 2.05) is 31.2 Å². The smallest absolute Gasteiger partial charge is 0.270 e. The van der Waals surface area contributed by atoms with Crippen LogP contribution in [0.3, 0.4) is 0 Å². The minimum absolute atomic E-state index is 0.282. The lowest BCUT2D eigenvalue weighted by molar-refractivity contribution is 0.0943. The van der Waals surface area contributed by atoms with Gasteiger partial charge in [0.05, 0.1) is 12.8 Å². The minimum Gasteiger partial charge on any atom is -0.467 e. The van der Waals surface area contributed by atoms with Crippen molar-refractivity contribution in [3.8, 4) is 0 Å². The first kappa shape index (κ1) is 14.8. The van der Waals surface area contributed by atoms with E-state index in [0.717, 1.165) is 5.69 Å². The summed E-state index contributed by atoms with van der Waals surface area (Å²) in [6.45, 7) is 2.34. The van der Waals surface area contributed by atoms with Gasteiger partial charge in [-0.2, -0.15) is 0 Å². The Labute approximate surface area is 133 Å². The minimum atomic E-state index is -0.282. The normalized spacial score (nSPS) is 10.3. The Balaban J connectivity index is 1.66. The van der Waals surface area contributed by atoms with Crippen LogP contribution in [0.5, 0.6) is 0 Å². The number of carbonyl (C=O) groups is 1. The van der Waals surface area contributed by atoms with E-state index in [2.05, 4.69) is 20.6 Å². The summed E-state index contributed by atoms with van der Waals surface area (Å²) >= 11 is 0. The summed E-state index contributed by atoms with van der Waals surface area (Å²) in [5.74, 6) is 0.966. The van der Waals surface area contributed by atoms with Crippen LogP contribution in [0.25, 0.3) is 0 Å². The summed E-state index contributed by atoms with van der Waals surface area (Å²) < 4.78 is 5.17. The summed E-state index contributed by atoms with van der Waals surface area (Å²) in [7, 11) is 0. The zero-order chi connectivity index (χ0) is 16.1. The van der Waals surface area contributed by atoms with Crippen molar-refractivity contribution in [2.24, 2.45) is 0 Å². The average Bonchev–Trinajstić information content (AvgIpc) is 3.08. The zero-order valence-electron chi connectivity index (χ0n) is 12.6. The molecule has 2 aromatic heterocycles. The van der Waals surface area contributed by atoms with Gasteiger partial charge in [-0.1, -0.05) is 17.7 Å². The van der Waals surface area contributed by atoms with E-state index in [9.17, 15) is 4.79 Å². The lowest BCUT2D eigenvalue weighted by Gasteiger charge is -2.07. The number of furan rings is 1. The van der Waals surface area contributed by atoms with Crippen LogP contribution in [0.15, 0.2) is 59.5 Å². The van der Waals surface area contributed by atoms with Gasteiger partial charge in [0.1, 0.15) is 23.6 Å². The van der Waals surface area contributed by atoms with Gasteiger partial charge in [-0.3, -0.25) is 4.79 Å². The van der Waals surface area contributed by atoms with Gasteiger partial charge in [0.2, 0.25) is 0 Å². The third-order valence-corrected chi connectivity index (χ3v) is 3.23. The monoisotopic (exact) mass is 308 g/mol. The highest BCUT2D eigenvalue weighted by Crippen LogP contribution is 2.15. The van der Waals surface area contributed by atoms with E-state index in [4.69, 9.17) is 4.42 Å². The SMILES string of the molecule is Cc1ccc(Nc2cc(C(=O)NCc3ccco3)ncn2)cc1. The molecule has 0 spiro atoms. The molecule has 6 heteroatoms. The van der Waals surface area contributed by atoms with Crippen molar-refractivity contribution in [3.63, 3.8) is 0 Å². The summed E-state index contributed by atoms with van der Waals surface area (Å²) in [6, 6.07) is 13.1. The molecular formula is C17H16N4O2. The fourth-order valence-corrected chi connectivity index (χ4v) is 2.01. The Morgan fingerprint density at radius 2 is 2.00 bits per heavy atom. The molecule has 23 heavy (non-hydrogen) atoms. The number of hydrogen-bond donors (Lipinski definition) is 2. The van der Waals surface area contributed by atoms with Crippen LogP contribution in [0.1, 0.15) is 21.8 Å². The van der Waals surface area contributed by atoms with E-state index in [1.54, 1.807) is 24.5 Å². The molecule has 116 valence electrons. The van der Waals surface area contributed by atoms with E-state index in [0.29, 0.717) is 23.8 Å². The van der Waals surface area contributed by atoms with Crippen molar-refractivity contribution in [1.82, 2.24) is 15.3 Å². The first-order valence-corrected chi connectivity index (χ1v) is 7.17. The molecule has 3 aromatic rings. The second-order valence-electron chi connectivity index (χ2n) is 5.04. The maximum Gasteiger partial charge on any atom is 0.270 e. The molecule has 6 nitrogen and oxygen atoms in total. The maximum absolute atomic E-state index is 12.1. The first-order valence-electron chi connectivity index (χ1n) is 7.17. The highest BCUT2D eigenvalue weighted by molar-refractivity contribution is 5.92. The van der Waals surface area contributed by atoms with Gasteiger partial charge < -0.3 is 15.1 Å². The predicted molar refractivity (Wildman–Crippen MR) is 86.4 cm³/mol. The second kappa shape index (κ2) is 6.74. The molecule has 0 saturated heterocycles. The number of aryl methyl sites for hydroxylation is 1. The first-order chi connectivity index (χ1) is 11.2. The number of carbonyl (C=O) groups excluding carboxylic acids is 1. The molecule has 1 aromatic carbocycles. The van der Waals surface area contributed by atoms with Crippen molar-refractivity contribution < 1.29 is 9.21 Å². The van der Waals surface area contributed by atoms with Gasteiger partial charge in [-0.15, -0.1) is 0 Å². The molecule has 0 saturated carbocycles. The van der Waals surface area contributed by atoms with Crippen LogP contribution in [0.2, 0.25) is 0 Å². The lowest BCUT2D eigenvalue weighted by atomic mass is 10.2. The van der Waals surface area contributed by atoms with Crippen molar-refractivity contribution in [2.75, 3.05) is 5.32 Å². The third kappa shape index (κ3) is 3.94. The molecule has 0 aliphatic rings. The Morgan fingerprint density at radius 3 is 2.74 bits per heavy atom. The number of rotatable bonds is 5. The Bertz CT molecular complexity index is 783.